The summed E-state index contributed by atoms with van der Waals surface area (Å²) in [7, 11) is 0. The van der Waals surface area contributed by atoms with Crippen molar-refractivity contribution in [3.05, 3.63) is 53.9 Å². The van der Waals surface area contributed by atoms with Crippen LogP contribution < -0.4 is 5.73 Å². The summed E-state index contributed by atoms with van der Waals surface area (Å²) in [5, 5.41) is 5.60. The van der Waals surface area contributed by atoms with Gasteiger partial charge in [0.2, 0.25) is 0 Å². The molecule has 0 aliphatic heterocycles. The lowest BCUT2D eigenvalue weighted by Gasteiger charge is -2.12. The summed E-state index contributed by atoms with van der Waals surface area (Å²) in [5.74, 6) is 0.870. The van der Waals surface area contributed by atoms with Crippen molar-refractivity contribution < 1.29 is 0 Å². The number of aromatic nitrogens is 3. The highest BCUT2D eigenvalue weighted by atomic mass is 15.3. The summed E-state index contributed by atoms with van der Waals surface area (Å²) in [6.45, 7) is 3.98. The van der Waals surface area contributed by atoms with E-state index in [0.717, 1.165) is 34.4 Å². The number of fused-ring (bicyclic) bond motifs is 1. The van der Waals surface area contributed by atoms with Crippen molar-refractivity contribution in [2.24, 2.45) is 5.73 Å². The van der Waals surface area contributed by atoms with Gasteiger partial charge in [0.1, 0.15) is 0 Å². The Morgan fingerprint density at radius 2 is 2.05 bits per heavy atom. The second-order valence-corrected chi connectivity index (χ2v) is 5.25. The Morgan fingerprint density at radius 3 is 2.75 bits per heavy atom. The number of hydrogen-bond donors (Lipinski definition) is 1. The van der Waals surface area contributed by atoms with Gasteiger partial charge in [-0.1, -0.05) is 18.2 Å². The summed E-state index contributed by atoms with van der Waals surface area (Å²) in [6.07, 6.45) is 2.73. The second-order valence-electron chi connectivity index (χ2n) is 5.25. The third kappa shape index (κ3) is 2.42. The molecule has 2 aromatic heterocycles. The van der Waals surface area contributed by atoms with Gasteiger partial charge >= 0.3 is 0 Å². The average Bonchev–Trinajstić information content (AvgIpc) is 2.84. The van der Waals surface area contributed by atoms with Crippen LogP contribution in [0, 0.1) is 6.92 Å². The quantitative estimate of drug-likeness (QED) is 0.792. The SMILES string of the molecule is Cc1ccn(-c2nc3ccccc3cc2CC(C)N)n1. The van der Waals surface area contributed by atoms with Gasteiger partial charge in [0, 0.05) is 17.6 Å². The van der Waals surface area contributed by atoms with Gasteiger partial charge in [0.25, 0.3) is 0 Å². The van der Waals surface area contributed by atoms with Crippen LogP contribution in [0.4, 0.5) is 0 Å². The van der Waals surface area contributed by atoms with Crippen molar-refractivity contribution in [1.29, 1.82) is 0 Å². The Labute approximate surface area is 118 Å². The molecule has 0 saturated heterocycles. The second kappa shape index (κ2) is 5.06. The van der Waals surface area contributed by atoms with Gasteiger partial charge in [-0.2, -0.15) is 5.10 Å². The van der Waals surface area contributed by atoms with E-state index in [9.17, 15) is 0 Å². The Morgan fingerprint density at radius 1 is 1.25 bits per heavy atom. The lowest BCUT2D eigenvalue weighted by Crippen LogP contribution is -2.19. The fourth-order valence-corrected chi connectivity index (χ4v) is 2.38. The van der Waals surface area contributed by atoms with Crippen LogP contribution in [0.2, 0.25) is 0 Å². The molecule has 1 unspecified atom stereocenters. The molecule has 20 heavy (non-hydrogen) atoms. The first-order valence-electron chi connectivity index (χ1n) is 6.80. The molecule has 0 aliphatic carbocycles. The van der Waals surface area contributed by atoms with E-state index >= 15 is 0 Å². The van der Waals surface area contributed by atoms with Gasteiger partial charge < -0.3 is 5.73 Å². The van der Waals surface area contributed by atoms with Gasteiger partial charge in [-0.05, 0) is 44.0 Å². The number of rotatable bonds is 3. The van der Waals surface area contributed by atoms with Crippen molar-refractivity contribution in [3.63, 3.8) is 0 Å². The third-order valence-electron chi connectivity index (χ3n) is 3.26. The first-order chi connectivity index (χ1) is 9.63. The maximum atomic E-state index is 5.96. The largest absolute Gasteiger partial charge is 0.328 e. The van der Waals surface area contributed by atoms with Crippen molar-refractivity contribution in [2.45, 2.75) is 26.3 Å². The summed E-state index contributed by atoms with van der Waals surface area (Å²) < 4.78 is 1.83. The molecule has 0 spiro atoms. The lowest BCUT2D eigenvalue weighted by molar-refractivity contribution is 0.721. The van der Waals surface area contributed by atoms with Crippen LogP contribution in [0.5, 0.6) is 0 Å². The smallest absolute Gasteiger partial charge is 0.157 e. The molecule has 4 heteroatoms. The number of hydrogen-bond acceptors (Lipinski definition) is 3. The van der Waals surface area contributed by atoms with Crippen LogP contribution >= 0.6 is 0 Å². The van der Waals surface area contributed by atoms with Crippen LogP contribution in [0.25, 0.3) is 16.7 Å². The molecule has 0 amide bonds. The summed E-state index contributed by atoms with van der Waals surface area (Å²) in [4.78, 5) is 4.76. The zero-order valence-electron chi connectivity index (χ0n) is 11.7. The number of nitrogens with zero attached hydrogens (tertiary/aromatic N) is 3. The van der Waals surface area contributed by atoms with Crippen LogP contribution in [-0.2, 0) is 6.42 Å². The molecular formula is C16H18N4. The Hall–Kier alpha value is -2.20. The molecule has 0 radical (unpaired) electrons. The highest BCUT2D eigenvalue weighted by molar-refractivity contribution is 5.80. The minimum atomic E-state index is 0.0911. The number of aryl methyl sites for hydroxylation is 1. The van der Waals surface area contributed by atoms with E-state index < -0.39 is 0 Å². The minimum Gasteiger partial charge on any atom is -0.328 e. The number of nitrogens with two attached hydrogens (primary N) is 1. The maximum Gasteiger partial charge on any atom is 0.157 e. The maximum absolute atomic E-state index is 5.96. The molecule has 102 valence electrons. The zero-order valence-corrected chi connectivity index (χ0v) is 11.7. The fourth-order valence-electron chi connectivity index (χ4n) is 2.38. The topological polar surface area (TPSA) is 56.7 Å². The van der Waals surface area contributed by atoms with Gasteiger partial charge in [-0.15, -0.1) is 0 Å². The molecule has 2 N–H and O–H groups in total. The molecule has 1 atom stereocenters. The highest BCUT2D eigenvalue weighted by Gasteiger charge is 2.11. The number of para-hydroxylation sites is 1. The number of benzene rings is 1. The fraction of sp³-hybridized carbons (Fsp3) is 0.250. The molecule has 3 aromatic rings. The highest BCUT2D eigenvalue weighted by Crippen LogP contribution is 2.20. The molecule has 3 rings (SSSR count). The summed E-state index contributed by atoms with van der Waals surface area (Å²) in [5.41, 5.74) is 9.04. The predicted molar refractivity (Wildman–Crippen MR) is 81.0 cm³/mol. The van der Waals surface area contributed by atoms with Crippen molar-refractivity contribution in [3.8, 4) is 5.82 Å². The monoisotopic (exact) mass is 266 g/mol. The van der Waals surface area contributed by atoms with E-state index in [-0.39, 0.29) is 6.04 Å². The Bertz CT molecular complexity index is 743. The zero-order chi connectivity index (χ0) is 14.1. The molecular weight excluding hydrogens is 248 g/mol. The van der Waals surface area contributed by atoms with Crippen LogP contribution in [0.1, 0.15) is 18.2 Å². The third-order valence-corrected chi connectivity index (χ3v) is 3.26. The molecule has 0 bridgehead atoms. The molecule has 0 fully saturated rings. The van der Waals surface area contributed by atoms with E-state index in [2.05, 4.69) is 17.2 Å². The molecule has 4 nitrogen and oxygen atoms in total. The first kappa shape index (κ1) is 12.8. The van der Waals surface area contributed by atoms with E-state index in [0.29, 0.717) is 0 Å². The minimum absolute atomic E-state index is 0.0911. The van der Waals surface area contributed by atoms with Crippen molar-refractivity contribution >= 4 is 10.9 Å². The lowest BCUT2D eigenvalue weighted by atomic mass is 10.1. The standard InChI is InChI=1S/C16H18N4/c1-11(17)9-14-10-13-5-3-4-6-15(13)18-16(14)20-8-7-12(2)19-20/h3-8,10-11H,9,17H2,1-2H3. The van der Waals surface area contributed by atoms with Gasteiger partial charge in [0.05, 0.1) is 11.2 Å². The molecule has 0 aliphatic rings. The van der Waals surface area contributed by atoms with E-state index in [1.165, 1.54) is 0 Å². The van der Waals surface area contributed by atoms with Crippen molar-refractivity contribution in [1.82, 2.24) is 14.8 Å². The average molecular weight is 266 g/mol. The first-order valence-corrected chi connectivity index (χ1v) is 6.80. The van der Waals surface area contributed by atoms with E-state index in [4.69, 9.17) is 10.7 Å². The molecule has 1 aromatic carbocycles. The molecule has 0 saturated carbocycles. The van der Waals surface area contributed by atoms with E-state index in [1.54, 1.807) is 0 Å². The van der Waals surface area contributed by atoms with Gasteiger partial charge in [-0.3, -0.25) is 0 Å². The van der Waals surface area contributed by atoms with Crippen LogP contribution in [-0.4, -0.2) is 20.8 Å². The van der Waals surface area contributed by atoms with E-state index in [1.807, 2.05) is 49.0 Å². The number of pyridine rings is 1. The summed E-state index contributed by atoms with van der Waals surface area (Å²) >= 11 is 0. The Balaban J connectivity index is 2.21. The van der Waals surface area contributed by atoms with Gasteiger partial charge in [-0.25, -0.2) is 9.67 Å². The van der Waals surface area contributed by atoms with Gasteiger partial charge in [0.15, 0.2) is 5.82 Å². The van der Waals surface area contributed by atoms with Crippen LogP contribution in [0.15, 0.2) is 42.6 Å². The normalized spacial score (nSPS) is 12.8. The molecule has 2 heterocycles. The van der Waals surface area contributed by atoms with Crippen molar-refractivity contribution in [2.75, 3.05) is 0 Å². The van der Waals surface area contributed by atoms with Crippen LogP contribution in [0.3, 0.4) is 0 Å². The predicted octanol–water partition coefficient (Wildman–Crippen LogP) is 2.62. The Kier molecular flexibility index (Phi) is 3.24. The summed E-state index contributed by atoms with van der Waals surface area (Å²) in [6, 6.07) is 12.4.